The number of hydrogen-bond donors (Lipinski definition) is 1. The summed E-state index contributed by atoms with van der Waals surface area (Å²) < 4.78 is 0. The average molecular weight is 316 g/mol. The highest BCUT2D eigenvalue weighted by Gasteiger charge is 2.03. The SMILES string of the molecule is CCCCCCCCCCNc1cc(Cl)c(C)cc1Cl. The number of halogens is 2. The van der Waals surface area contributed by atoms with E-state index in [1.807, 2.05) is 19.1 Å². The Balaban J connectivity index is 2.11. The van der Waals surface area contributed by atoms with Crippen LogP contribution in [0.2, 0.25) is 10.0 Å². The van der Waals surface area contributed by atoms with Crippen LogP contribution >= 0.6 is 23.2 Å². The molecule has 20 heavy (non-hydrogen) atoms. The molecule has 0 aromatic heterocycles. The van der Waals surface area contributed by atoms with E-state index in [0.717, 1.165) is 27.8 Å². The minimum Gasteiger partial charge on any atom is -0.384 e. The smallest absolute Gasteiger partial charge is 0.0641 e. The lowest BCUT2D eigenvalue weighted by atomic mass is 10.1. The molecule has 0 saturated carbocycles. The number of nitrogens with one attached hydrogen (secondary N) is 1. The number of unbranched alkanes of at least 4 members (excludes halogenated alkanes) is 7. The van der Waals surface area contributed by atoms with Gasteiger partial charge in [0.25, 0.3) is 0 Å². The van der Waals surface area contributed by atoms with Gasteiger partial charge >= 0.3 is 0 Å². The molecule has 0 heterocycles. The Hall–Kier alpha value is -0.400. The first kappa shape index (κ1) is 17.7. The van der Waals surface area contributed by atoms with Crippen LogP contribution in [0.5, 0.6) is 0 Å². The Labute approximate surface area is 134 Å². The highest BCUT2D eigenvalue weighted by atomic mass is 35.5. The largest absolute Gasteiger partial charge is 0.384 e. The van der Waals surface area contributed by atoms with Crippen LogP contribution in [0.25, 0.3) is 0 Å². The molecule has 0 fully saturated rings. The summed E-state index contributed by atoms with van der Waals surface area (Å²) in [5.41, 5.74) is 1.97. The second kappa shape index (κ2) is 10.3. The highest BCUT2D eigenvalue weighted by Crippen LogP contribution is 2.28. The summed E-state index contributed by atoms with van der Waals surface area (Å²) in [6.45, 7) is 5.19. The molecule has 0 radical (unpaired) electrons. The normalized spacial score (nSPS) is 10.8. The fraction of sp³-hybridized carbons (Fsp3) is 0.647. The van der Waals surface area contributed by atoms with E-state index in [1.54, 1.807) is 0 Å². The summed E-state index contributed by atoms with van der Waals surface area (Å²) in [5, 5.41) is 4.90. The molecule has 1 aromatic carbocycles. The van der Waals surface area contributed by atoms with Gasteiger partial charge in [0.2, 0.25) is 0 Å². The van der Waals surface area contributed by atoms with Crippen LogP contribution in [0.1, 0.15) is 63.9 Å². The number of hydrogen-bond acceptors (Lipinski definition) is 1. The van der Waals surface area contributed by atoms with Crippen molar-refractivity contribution in [2.24, 2.45) is 0 Å². The molecular weight excluding hydrogens is 289 g/mol. The monoisotopic (exact) mass is 315 g/mol. The number of benzene rings is 1. The van der Waals surface area contributed by atoms with Gasteiger partial charge in [-0.05, 0) is 31.0 Å². The number of rotatable bonds is 10. The molecule has 0 amide bonds. The molecule has 0 saturated heterocycles. The maximum atomic E-state index is 6.19. The summed E-state index contributed by atoms with van der Waals surface area (Å²) in [7, 11) is 0. The van der Waals surface area contributed by atoms with Crippen molar-refractivity contribution in [1.29, 1.82) is 0 Å². The average Bonchev–Trinajstić information content (AvgIpc) is 2.42. The summed E-state index contributed by atoms with van der Waals surface area (Å²) in [6, 6.07) is 3.84. The second-order valence-electron chi connectivity index (χ2n) is 5.48. The van der Waals surface area contributed by atoms with E-state index in [2.05, 4.69) is 12.2 Å². The Kier molecular flexibility index (Phi) is 9.13. The molecule has 0 aliphatic heterocycles. The first-order chi connectivity index (χ1) is 9.65. The first-order valence-corrected chi connectivity index (χ1v) is 8.60. The highest BCUT2D eigenvalue weighted by molar-refractivity contribution is 6.35. The molecule has 114 valence electrons. The van der Waals surface area contributed by atoms with E-state index >= 15 is 0 Å². The second-order valence-corrected chi connectivity index (χ2v) is 6.30. The van der Waals surface area contributed by atoms with Crippen molar-refractivity contribution in [2.45, 2.75) is 65.2 Å². The summed E-state index contributed by atoms with van der Waals surface area (Å²) in [6.07, 6.45) is 10.7. The van der Waals surface area contributed by atoms with Crippen molar-refractivity contribution in [2.75, 3.05) is 11.9 Å². The number of anilines is 1. The molecule has 1 N–H and O–H groups in total. The third-order valence-electron chi connectivity index (χ3n) is 3.59. The quantitative estimate of drug-likeness (QED) is 0.465. The van der Waals surface area contributed by atoms with Gasteiger partial charge in [0.1, 0.15) is 0 Å². The van der Waals surface area contributed by atoms with Crippen LogP contribution in [0.4, 0.5) is 5.69 Å². The molecule has 0 aliphatic carbocycles. The topological polar surface area (TPSA) is 12.0 Å². The van der Waals surface area contributed by atoms with E-state index in [1.165, 1.54) is 51.4 Å². The van der Waals surface area contributed by atoms with Gasteiger partial charge in [0, 0.05) is 11.6 Å². The molecule has 0 bridgehead atoms. The molecule has 1 nitrogen and oxygen atoms in total. The Morgan fingerprint density at radius 1 is 0.850 bits per heavy atom. The summed E-state index contributed by atoms with van der Waals surface area (Å²) in [4.78, 5) is 0. The van der Waals surface area contributed by atoms with Crippen molar-refractivity contribution >= 4 is 28.9 Å². The van der Waals surface area contributed by atoms with Crippen molar-refractivity contribution in [1.82, 2.24) is 0 Å². The van der Waals surface area contributed by atoms with Gasteiger partial charge in [0.05, 0.1) is 10.7 Å². The maximum Gasteiger partial charge on any atom is 0.0641 e. The molecule has 0 spiro atoms. The van der Waals surface area contributed by atoms with Gasteiger partial charge in [-0.25, -0.2) is 0 Å². The molecule has 1 aromatic rings. The van der Waals surface area contributed by atoms with Crippen molar-refractivity contribution in [3.8, 4) is 0 Å². The van der Waals surface area contributed by atoms with Gasteiger partial charge in [-0.3, -0.25) is 0 Å². The first-order valence-electron chi connectivity index (χ1n) is 7.84. The van der Waals surface area contributed by atoms with E-state index in [-0.39, 0.29) is 0 Å². The summed E-state index contributed by atoms with van der Waals surface area (Å²) >= 11 is 12.3. The van der Waals surface area contributed by atoms with Crippen molar-refractivity contribution in [3.05, 3.63) is 27.7 Å². The lowest BCUT2D eigenvalue weighted by molar-refractivity contribution is 0.581. The van der Waals surface area contributed by atoms with E-state index in [4.69, 9.17) is 23.2 Å². The maximum absolute atomic E-state index is 6.19. The van der Waals surface area contributed by atoms with E-state index in [9.17, 15) is 0 Å². The predicted octanol–water partition coefficient (Wildman–Crippen LogP) is 6.85. The van der Waals surface area contributed by atoms with E-state index in [0.29, 0.717) is 0 Å². The zero-order chi connectivity index (χ0) is 14.8. The molecular formula is C17H27Cl2N. The van der Waals surface area contributed by atoms with Gasteiger partial charge in [-0.1, -0.05) is 75.1 Å². The van der Waals surface area contributed by atoms with Gasteiger partial charge in [-0.15, -0.1) is 0 Å². The Bertz CT molecular complexity index is 391. The lowest BCUT2D eigenvalue weighted by Gasteiger charge is -2.10. The van der Waals surface area contributed by atoms with Crippen LogP contribution in [0, 0.1) is 6.92 Å². The Morgan fingerprint density at radius 3 is 2.10 bits per heavy atom. The Morgan fingerprint density at radius 2 is 1.45 bits per heavy atom. The minimum absolute atomic E-state index is 0.756. The molecule has 0 atom stereocenters. The van der Waals surface area contributed by atoms with Crippen molar-refractivity contribution < 1.29 is 0 Å². The van der Waals surface area contributed by atoms with Gasteiger partial charge in [0.15, 0.2) is 0 Å². The van der Waals surface area contributed by atoms with E-state index < -0.39 is 0 Å². The number of aryl methyl sites for hydroxylation is 1. The zero-order valence-electron chi connectivity index (χ0n) is 12.8. The van der Waals surface area contributed by atoms with Gasteiger partial charge < -0.3 is 5.32 Å². The minimum atomic E-state index is 0.756. The summed E-state index contributed by atoms with van der Waals surface area (Å²) in [5.74, 6) is 0. The molecule has 0 unspecified atom stereocenters. The lowest BCUT2D eigenvalue weighted by Crippen LogP contribution is -2.02. The molecule has 1 rings (SSSR count). The standard InChI is InChI=1S/C17H27Cl2N/c1-3-4-5-6-7-8-9-10-11-20-17-13-15(18)14(2)12-16(17)19/h12-13,20H,3-11H2,1-2H3. The molecule has 3 heteroatoms. The van der Waals surface area contributed by atoms with Crippen LogP contribution in [-0.4, -0.2) is 6.54 Å². The van der Waals surface area contributed by atoms with Crippen LogP contribution < -0.4 is 5.32 Å². The molecule has 0 aliphatic rings. The fourth-order valence-corrected chi connectivity index (χ4v) is 2.71. The van der Waals surface area contributed by atoms with Crippen LogP contribution in [0.3, 0.4) is 0 Å². The zero-order valence-corrected chi connectivity index (χ0v) is 14.3. The third kappa shape index (κ3) is 6.85. The van der Waals surface area contributed by atoms with Crippen LogP contribution in [-0.2, 0) is 0 Å². The van der Waals surface area contributed by atoms with Crippen LogP contribution in [0.15, 0.2) is 12.1 Å². The fourth-order valence-electron chi connectivity index (χ4n) is 2.26. The third-order valence-corrected chi connectivity index (χ3v) is 4.31. The predicted molar refractivity (Wildman–Crippen MR) is 92.3 cm³/mol. The van der Waals surface area contributed by atoms with Gasteiger partial charge in [-0.2, -0.15) is 0 Å². The van der Waals surface area contributed by atoms with Crippen molar-refractivity contribution in [3.63, 3.8) is 0 Å².